The fourth-order valence-electron chi connectivity index (χ4n) is 4.18. The molecule has 2 atom stereocenters. The maximum absolute atomic E-state index is 13.8. The highest BCUT2D eigenvalue weighted by atomic mass is 35.5. The zero-order valence-electron chi connectivity index (χ0n) is 19.8. The minimum atomic E-state index is -0.918. The van der Waals surface area contributed by atoms with Crippen LogP contribution in [-0.2, 0) is 19.1 Å². The van der Waals surface area contributed by atoms with E-state index in [-0.39, 0.29) is 28.4 Å². The Labute approximate surface area is 217 Å². The van der Waals surface area contributed by atoms with Crippen molar-refractivity contribution in [2.24, 2.45) is 5.73 Å². The molecule has 0 radical (unpaired) electrons. The molecule has 8 nitrogen and oxygen atoms in total. The molecule has 0 bridgehead atoms. The molecule has 0 spiro atoms. The van der Waals surface area contributed by atoms with Crippen LogP contribution < -0.4 is 11.1 Å². The molecule has 3 N–H and O–H groups in total. The second-order valence-corrected chi connectivity index (χ2v) is 10.00. The molecule has 0 aromatic heterocycles. The summed E-state index contributed by atoms with van der Waals surface area (Å²) in [5.41, 5.74) is 9.63. The SMILES string of the molecule is COC(=O)C[C@H]1SC2=C(C(=O)Nc3ccc(C)c(C)c3)[C@@H](c3ccccc3Cl)C(C#N)=C(N)N2C1=O. The van der Waals surface area contributed by atoms with Gasteiger partial charge in [-0.2, -0.15) is 5.26 Å². The number of carbonyl (C=O) groups excluding carboxylic acids is 3. The number of anilines is 1. The van der Waals surface area contributed by atoms with Gasteiger partial charge in [0, 0.05) is 10.7 Å². The number of nitrogens with two attached hydrogens (primary N) is 1. The Balaban J connectivity index is 1.89. The largest absolute Gasteiger partial charge is 0.469 e. The van der Waals surface area contributed by atoms with Crippen LogP contribution in [-0.4, -0.2) is 35.0 Å². The number of allylic oxidation sites excluding steroid dienone is 1. The third-order valence-electron chi connectivity index (χ3n) is 6.20. The second kappa shape index (κ2) is 10.1. The van der Waals surface area contributed by atoms with Crippen LogP contribution in [0.25, 0.3) is 0 Å². The van der Waals surface area contributed by atoms with Gasteiger partial charge in [-0.05, 0) is 48.7 Å². The molecule has 0 aliphatic carbocycles. The van der Waals surface area contributed by atoms with E-state index in [9.17, 15) is 19.6 Å². The topological polar surface area (TPSA) is 126 Å². The summed E-state index contributed by atoms with van der Waals surface area (Å²) in [5.74, 6) is -2.60. The number of hydrogen-bond acceptors (Lipinski definition) is 7. The van der Waals surface area contributed by atoms with Crippen LogP contribution >= 0.6 is 23.4 Å². The lowest BCUT2D eigenvalue weighted by Crippen LogP contribution is -2.39. The molecule has 36 heavy (non-hydrogen) atoms. The van der Waals surface area contributed by atoms with Crippen molar-refractivity contribution in [2.45, 2.75) is 31.4 Å². The number of nitriles is 1. The van der Waals surface area contributed by atoms with Crippen molar-refractivity contribution in [3.63, 3.8) is 0 Å². The second-order valence-electron chi connectivity index (χ2n) is 8.40. The van der Waals surface area contributed by atoms with Crippen molar-refractivity contribution in [1.82, 2.24) is 4.90 Å². The van der Waals surface area contributed by atoms with E-state index >= 15 is 0 Å². The van der Waals surface area contributed by atoms with Gasteiger partial charge in [0.15, 0.2) is 0 Å². The number of ether oxygens (including phenoxy) is 1. The summed E-state index contributed by atoms with van der Waals surface area (Å²) >= 11 is 7.56. The van der Waals surface area contributed by atoms with E-state index in [0.717, 1.165) is 27.8 Å². The molecule has 2 amide bonds. The van der Waals surface area contributed by atoms with Crippen molar-refractivity contribution in [3.8, 4) is 6.07 Å². The number of rotatable bonds is 5. The van der Waals surface area contributed by atoms with E-state index in [1.165, 1.54) is 7.11 Å². The van der Waals surface area contributed by atoms with Gasteiger partial charge < -0.3 is 15.8 Å². The summed E-state index contributed by atoms with van der Waals surface area (Å²) in [5, 5.41) is 12.7. The van der Waals surface area contributed by atoms with E-state index in [4.69, 9.17) is 22.1 Å². The lowest BCUT2D eigenvalue weighted by molar-refractivity contribution is -0.142. The first-order valence-corrected chi connectivity index (χ1v) is 12.3. The first-order valence-electron chi connectivity index (χ1n) is 11.0. The van der Waals surface area contributed by atoms with Gasteiger partial charge in [0.05, 0.1) is 41.7 Å². The number of nitrogens with zero attached hydrogens (tertiary/aromatic N) is 2. The zero-order chi connectivity index (χ0) is 26.1. The number of fused-ring (bicyclic) bond motifs is 1. The third-order valence-corrected chi connectivity index (χ3v) is 7.83. The molecule has 2 aliphatic rings. The van der Waals surface area contributed by atoms with E-state index < -0.39 is 29.0 Å². The molecule has 2 heterocycles. The van der Waals surface area contributed by atoms with Gasteiger partial charge in [-0.15, -0.1) is 0 Å². The molecule has 1 saturated heterocycles. The molecule has 4 rings (SSSR count). The van der Waals surface area contributed by atoms with Crippen molar-refractivity contribution < 1.29 is 19.1 Å². The molecule has 2 aliphatic heterocycles. The summed E-state index contributed by atoms with van der Waals surface area (Å²) < 4.78 is 4.73. The minimum absolute atomic E-state index is 0.0183. The maximum Gasteiger partial charge on any atom is 0.307 e. The highest BCUT2D eigenvalue weighted by Crippen LogP contribution is 2.51. The van der Waals surface area contributed by atoms with Gasteiger partial charge >= 0.3 is 5.97 Å². The number of halogens is 1. The molecular formula is C26H23ClN4O4S. The predicted molar refractivity (Wildman–Crippen MR) is 137 cm³/mol. The smallest absolute Gasteiger partial charge is 0.307 e. The third kappa shape index (κ3) is 4.45. The number of amides is 2. The van der Waals surface area contributed by atoms with E-state index in [2.05, 4.69) is 11.4 Å². The van der Waals surface area contributed by atoms with Gasteiger partial charge in [0.2, 0.25) is 5.91 Å². The Morgan fingerprint density at radius 2 is 1.94 bits per heavy atom. The van der Waals surface area contributed by atoms with Crippen molar-refractivity contribution in [3.05, 3.63) is 86.2 Å². The fraction of sp³-hybridized carbons (Fsp3) is 0.231. The fourth-order valence-corrected chi connectivity index (χ4v) is 5.75. The van der Waals surface area contributed by atoms with E-state index in [0.29, 0.717) is 16.3 Å². The first kappa shape index (κ1) is 25.4. The summed E-state index contributed by atoms with van der Waals surface area (Å²) in [7, 11) is 1.23. The number of hydrogen-bond donors (Lipinski definition) is 2. The number of aryl methyl sites for hydroxylation is 2. The molecule has 10 heteroatoms. The Kier molecular flexibility index (Phi) is 7.11. The number of esters is 1. The monoisotopic (exact) mass is 522 g/mol. The summed E-state index contributed by atoms with van der Waals surface area (Å²) in [6, 6.07) is 14.4. The highest BCUT2D eigenvalue weighted by Gasteiger charge is 2.48. The minimum Gasteiger partial charge on any atom is -0.469 e. The van der Waals surface area contributed by atoms with Crippen molar-refractivity contribution in [1.29, 1.82) is 5.26 Å². The van der Waals surface area contributed by atoms with Crippen LogP contribution in [0.1, 0.15) is 29.0 Å². The zero-order valence-corrected chi connectivity index (χ0v) is 21.4. The standard InChI is InChI=1S/C26H23ClN4O4S/c1-13-8-9-15(10-14(13)2)30-24(33)22-21(16-6-4-5-7-18(16)27)17(12-28)23(29)31-25(34)19(36-26(22)31)11-20(32)35-3/h4-10,19,21H,11,29H2,1-3H3,(H,30,33)/t19-,21+/m1/s1. The Bertz CT molecular complexity index is 1390. The van der Waals surface area contributed by atoms with Crippen LogP contribution in [0.4, 0.5) is 5.69 Å². The number of nitrogens with one attached hydrogen (secondary N) is 1. The summed E-state index contributed by atoms with van der Waals surface area (Å²) in [6.45, 7) is 3.90. The summed E-state index contributed by atoms with van der Waals surface area (Å²) in [4.78, 5) is 40.2. The Hall–Kier alpha value is -3.74. The van der Waals surface area contributed by atoms with Gasteiger partial charge in [0.25, 0.3) is 5.91 Å². The van der Waals surface area contributed by atoms with Crippen LogP contribution in [0.15, 0.2) is 64.5 Å². The molecule has 0 unspecified atom stereocenters. The normalized spacial score (nSPS) is 19.2. The Morgan fingerprint density at radius 1 is 1.22 bits per heavy atom. The van der Waals surface area contributed by atoms with Crippen LogP contribution in [0, 0.1) is 25.2 Å². The van der Waals surface area contributed by atoms with Crippen LogP contribution in [0.3, 0.4) is 0 Å². The van der Waals surface area contributed by atoms with E-state index in [1.54, 1.807) is 30.3 Å². The van der Waals surface area contributed by atoms with Gasteiger partial charge in [0.1, 0.15) is 11.1 Å². The maximum atomic E-state index is 13.8. The molecule has 2 aromatic carbocycles. The summed E-state index contributed by atoms with van der Waals surface area (Å²) in [6.07, 6.45) is -0.210. The average molecular weight is 523 g/mol. The lowest BCUT2D eigenvalue weighted by atomic mass is 9.82. The quantitative estimate of drug-likeness (QED) is 0.566. The van der Waals surface area contributed by atoms with Crippen LogP contribution in [0.5, 0.6) is 0 Å². The average Bonchev–Trinajstić information content (AvgIpc) is 3.17. The van der Waals surface area contributed by atoms with Gasteiger partial charge in [-0.25, -0.2) is 0 Å². The first-order chi connectivity index (χ1) is 17.2. The molecule has 1 fully saturated rings. The number of benzene rings is 2. The number of methoxy groups -OCH3 is 1. The molecule has 2 aromatic rings. The molecular weight excluding hydrogens is 500 g/mol. The van der Waals surface area contributed by atoms with Gasteiger partial charge in [-0.3, -0.25) is 19.3 Å². The lowest BCUT2D eigenvalue weighted by Gasteiger charge is -2.32. The molecule has 0 saturated carbocycles. The van der Waals surface area contributed by atoms with Crippen LogP contribution in [0.2, 0.25) is 5.02 Å². The van der Waals surface area contributed by atoms with Gasteiger partial charge in [-0.1, -0.05) is 47.6 Å². The molecule has 184 valence electrons. The predicted octanol–water partition coefficient (Wildman–Crippen LogP) is 4.11. The van der Waals surface area contributed by atoms with Crippen molar-refractivity contribution >= 4 is 46.8 Å². The number of carbonyl (C=O) groups is 3. The number of thioether (sulfide) groups is 1. The Morgan fingerprint density at radius 3 is 2.58 bits per heavy atom. The highest BCUT2D eigenvalue weighted by molar-refractivity contribution is 8.04. The van der Waals surface area contributed by atoms with E-state index in [1.807, 2.05) is 26.0 Å². The van der Waals surface area contributed by atoms with Crippen molar-refractivity contribution in [2.75, 3.05) is 12.4 Å².